The summed E-state index contributed by atoms with van der Waals surface area (Å²) in [6.45, 7) is 5.38. The summed E-state index contributed by atoms with van der Waals surface area (Å²) in [4.78, 5) is 11.0. The Kier molecular flexibility index (Phi) is 5.31. The van der Waals surface area contributed by atoms with Crippen LogP contribution in [0.1, 0.15) is 36.4 Å². The number of ether oxygens (including phenoxy) is 2. The van der Waals surface area contributed by atoms with Crippen LogP contribution in [0.4, 0.5) is 0 Å². The lowest BCUT2D eigenvalue weighted by Gasteiger charge is -2.30. The lowest BCUT2D eigenvalue weighted by Crippen LogP contribution is -2.38. The van der Waals surface area contributed by atoms with Crippen LogP contribution in [0.25, 0.3) is 0 Å². The fraction of sp³-hybridized carbons (Fsp3) is 0.714. The van der Waals surface area contributed by atoms with Crippen molar-refractivity contribution in [3.05, 3.63) is 23.4 Å². The summed E-state index contributed by atoms with van der Waals surface area (Å²) in [7, 11) is 1.65. The molecule has 0 aromatic carbocycles. The number of aromatic nitrogens is 5. The number of aryl methyl sites for hydroxylation is 1. The summed E-state index contributed by atoms with van der Waals surface area (Å²) in [5, 5.41) is 11.1. The van der Waals surface area contributed by atoms with Crippen molar-refractivity contribution < 1.29 is 14.0 Å². The highest BCUT2D eigenvalue weighted by Gasteiger charge is 2.26. The van der Waals surface area contributed by atoms with Crippen LogP contribution in [0, 0.1) is 0 Å². The van der Waals surface area contributed by atoms with E-state index in [1.807, 2.05) is 6.92 Å². The third-order valence-electron chi connectivity index (χ3n) is 3.72. The number of hydrogen-bond acceptors (Lipinski definition) is 8. The molecule has 1 atom stereocenters. The molecule has 126 valence electrons. The zero-order valence-electron chi connectivity index (χ0n) is 13.5. The van der Waals surface area contributed by atoms with Gasteiger partial charge in [-0.05, 0) is 0 Å². The molecule has 9 nitrogen and oxygen atoms in total. The standard InChI is InChI=1S/C14H22N6O3/c1-3-11-16-14(18-17-11)10-8-20(5-7-22-10)9-13-15-12(19-23-13)4-6-21-2/h10H,3-9H2,1-2H3,(H,16,17,18). The molecular formula is C14H22N6O3. The first-order valence-corrected chi connectivity index (χ1v) is 7.84. The van der Waals surface area contributed by atoms with Crippen LogP contribution in [0.15, 0.2) is 4.52 Å². The Balaban J connectivity index is 1.57. The number of nitrogens with one attached hydrogen (secondary N) is 1. The van der Waals surface area contributed by atoms with Crippen LogP contribution in [0.5, 0.6) is 0 Å². The monoisotopic (exact) mass is 322 g/mol. The van der Waals surface area contributed by atoms with Crippen LogP contribution >= 0.6 is 0 Å². The highest BCUT2D eigenvalue weighted by atomic mass is 16.5. The van der Waals surface area contributed by atoms with E-state index >= 15 is 0 Å². The quantitative estimate of drug-likeness (QED) is 0.787. The highest BCUT2D eigenvalue weighted by molar-refractivity contribution is 4.97. The van der Waals surface area contributed by atoms with Crippen LogP contribution < -0.4 is 0 Å². The molecule has 3 heterocycles. The smallest absolute Gasteiger partial charge is 0.240 e. The number of aromatic amines is 1. The summed E-state index contributed by atoms with van der Waals surface area (Å²) in [5.74, 6) is 2.87. The molecule has 1 N–H and O–H groups in total. The normalized spacial score (nSPS) is 19.3. The van der Waals surface area contributed by atoms with Crippen molar-refractivity contribution in [2.24, 2.45) is 0 Å². The Bertz CT molecular complexity index is 613. The number of methoxy groups -OCH3 is 1. The topological polar surface area (TPSA) is 102 Å². The zero-order chi connectivity index (χ0) is 16.1. The summed E-state index contributed by atoms with van der Waals surface area (Å²) in [6.07, 6.45) is 1.36. The predicted molar refractivity (Wildman–Crippen MR) is 79.6 cm³/mol. The van der Waals surface area contributed by atoms with E-state index in [2.05, 4.69) is 30.2 Å². The van der Waals surface area contributed by atoms with Crippen LogP contribution in [-0.4, -0.2) is 63.6 Å². The van der Waals surface area contributed by atoms with Gasteiger partial charge in [-0.3, -0.25) is 10.00 Å². The number of hydrogen-bond donors (Lipinski definition) is 1. The van der Waals surface area contributed by atoms with Gasteiger partial charge in [0.25, 0.3) is 0 Å². The molecule has 2 aromatic rings. The van der Waals surface area contributed by atoms with E-state index in [1.54, 1.807) is 7.11 Å². The molecule has 0 radical (unpaired) electrons. The lowest BCUT2D eigenvalue weighted by molar-refractivity contribution is -0.0396. The summed E-state index contributed by atoms with van der Waals surface area (Å²) < 4.78 is 16.1. The number of rotatable bonds is 7. The van der Waals surface area contributed by atoms with Gasteiger partial charge in [0.05, 0.1) is 19.8 Å². The van der Waals surface area contributed by atoms with Crippen molar-refractivity contribution in [1.29, 1.82) is 0 Å². The van der Waals surface area contributed by atoms with Gasteiger partial charge in [0, 0.05) is 33.0 Å². The predicted octanol–water partition coefficient (Wildman–Crippen LogP) is 0.513. The fourth-order valence-electron chi connectivity index (χ4n) is 2.46. The molecule has 2 aromatic heterocycles. The molecule has 1 fully saturated rings. The molecular weight excluding hydrogens is 300 g/mol. The maximum absolute atomic E-state index is 5.78. The molecule has 1 saturated heterocycles. The van der Waals surface area contributed by atoms with Gasteiger partial charge >= 0.3 is 0 Å². The minimum absolute atomic E-state index is 0.129. The van der Waals surface area contributed by atoms with E-state index in [0.717, 1.165) is 18.8 Å². The molecule has 9 heteroatoms. The van der Waals surface area contributed by atoms with E-state index in [0.29, 0.717) is 50.3 Å². The highest BCUT2D eigenvalue weighted by Crippen LogP contribution is 2.20. The second-order valence-electron chi connectivity index (χ2n) is 5.44. The average molecular weight is 322 g/mol. The van der Waals surface area contributed by atoms with Gasteiger partial charge in [-0.25, -0.2) is 4.98 Å². The Morgan fingerprint density at radius 2 is 2.30 bits per heavy atom. The summed E-state index contributed by atoms with van der Waals surface area (Å²) in [5.41, 5.74) is 0. The Labute approximate surface area is 134 Å². The first-order chi connectivity index (χ1) is 11.3. The molecule has 23 heavy (non-hydrogen) atoms. The zero-order valence-corrected chi connectivity index (χ0v) is 13.5. The number of morpholine rings is 1. The van der Waals surface area contributed by atoms with Gasteiger partial charge in [-0.2, -0.15) is 10.1 Å². The van der Waals surface area contributed by atoms with E-state index in [1.165, 1.54) is 0 Å². The summed E-state index contributed by atoms with van der Waals surface area (Å²) >= 11 is 0. The molecule has 1 unspecified atom stereocenters. The molecule has 0 spiro atoms. The molecule has 0 aliphatic carbocycles. The minimum atomic E-state index is -0.129. The van der Waals surface area contributed by atoms with E-state index < -0.39 is 0 Å². The van der Waals surface area contributed by atoms with Crippen molar-refractivity contribution in [3.63, 3.8) is 0 Å². The largest absolute Gasteiger partial charge is 0.384 e. The Hall–Kier alpha value is -1.84. The number of nitrogens with zero attached hydrogens (tertiary/aromatic N) is 5. The van der Waals surface area contributed by atoms with E-state index in [4.69, 9.17) is 14.0 Å². The maximum atomic E-state index is 5.78. The average Bonchev–Trinajstić information content (AvgIpc) is 3.22. The van der Waals surface area contributed by atoms with E-state index in [-0.39, 0.29) is 6.10 Å². The Morgan fingerprint density at radius 3 is 3.09 bits per heavy atom. The first-order valence-electron chi connectivity index (χ1n) is 7.84. The molecule has 1 aliphatic heterocycles. The van der Waals surface area contributed by atoms with Crippen molar-refractivity contribution in [2.75, 3.05) is 33.4 Å². The SMILES string of the molecule is CCc1nc(C2CN(Cc3nc(CCOC)no3)CCO2)n[nH]1. The van der Waals surface area contributed by atoms with Gasteiger partial charge in [-0.1, -0.05) is 12.1 Å². The summed E-state index contributed by atoms with van der Waals surface area (Å²) in [6, 6.07) is 0. The molecule has 1 aliphatic rings. The van der Waals surface area contributed by atoms with Gasteiger partial charge in [0.2, 0.25) is 5.89 Å². The van der Waals surface area contributed by atoms with Crippen molar-refractivity contribution >= 4 is 0 Å². The third-order valence-corrected chi connectivity index (χ3v) is 3.72. The van der Waals surface area contributed by atoms with Crippen molar-refractivity contribution in [1.82, 2.24) is 30.2 Å². The second kappa shape index (κ2) is 7.62. The van der Waals surface area contributed by atoms with Gasteiger partial charge in [-0.15, -0.1) is 0 Å². The lowest BCUT2D eigenvalue weighted by atomic mass is 10.2. The van der Waals surface area contributed by atoms with Crippen LogP contribution in [0.3, 0.4) is 0 Å². The molecule has 3 rings (SSSR count). The van der Waals surface area contributed by atoms with Crippen molar-refractivity contribution in [3.8, 4) is 0 Å². The maximum Gasteiger partial charge on any atom is 0.240 e. The van der Waals surface area contributed by atoms with Gasteiger partial charge in [0.15, 0.2) is 11.6 Å². The molecule has 0 amide bonds. The van der Waals surface area contributed by atoms with Crippen LogP contribution in [0.2, 0.25) is 0 Å². The van der Waals surface area contributed by atoms with E-state index in [9.17, 15) is 0 Å². The number of H-pyrrole nitrogens is 1. The van der Waals surface area contributed by atoms with Crippen molar-refractivity contribution in [2.45, 2.75) is 32.4 Å². The molecule has 0 bridgehead atoms. The van der Waals surface area contributed by atoms with Gasteiger partial charge in [0.1, 0.15) is 11.9 Å². The van der Waals surface area contributed by atoms with Gasteiger partial charge < -0.3 is 14.0 Å². The first kappa shape index (κ1) is 16.0. The Morgan fingerprint density at radius 1 is 1.39 bits per heavy atom. The second-order valence-corrected chi connectivity index (χ2v) is 5.44. The third kappa shape index (κ3) is 4.12. The minimum Gasteiger partial charge on any atom is -0.384 e. The van der Waals surface area contributed by atoms with Crippen LogP contribution in [-0.2, 0) is 28.9 Å². The fourth-order valence-corrected chi connectivity index (χ4v) is 2.46. The molecule has 0 saturated carbocycles.